The van der Waals surface area contributed by atoms with Gasteiger partial charge in [-0.3, -0.25) is 14.9 Å². The molecule has 26 heavy (non-hydrogen) atoms. The first-order chi connectivity index (χ1) is 12.3. The summed E-state index contributed by atoms with van der Waals surface area (Å²) in [6.45, 7) is 1.14. The molecule has 2 aromatic rings. The molecular weight excluding hydrogens is 422 g/mol. The van der Waals surface area contributed by atoms with Gasteiger partial charge in [-0.25, -0.2) is 0 Å². The van der Waals surface area contributed by atoms with Crippen LogP contribution < -0.4 is 5.01 Å². The topological polar surface area (TPSA) is 75.8 Å². The van der Waals surface area contributed by atoms with E-state index in [1.165, 1.54) is 5.01 Å². The van der Waals surface area contributed by atoms with Gasteiger partial charge in [0.1, 0.15) is 0 Å². The summed E-state index contributed by atoms with van der Waals surface area (Å²) in [5.41, 5.74) is 1.51. The highest BCUT2D eigenvalue weighted by Crippen LogP contribution is 2.42. The van der Waals surface area contributed by atoms with Crippen molar-refractivity contribution in [2.75, 3.05) is 11.6 Å². The number of amides is 1. The molecule has 8 heteroatoms. The molecule has 0 aromatic heterocycles. The summed E-state index contributed by atoms with van der Waals surface area (Å²) in [5, 5.41) is 16.8. The number of carbonyl (C=O) groups excluding carboxylic acids is 1. The first-order valence-electron chi connectivity index (χ1n) is 7.85. The molecule has 0 N–H and O–H groups in total. The van der Waals surface area contributed by atoms with E-state index in [1.807, 2.05) is 6.07 Å². The fraction of sp³-hybridized carbons (Fsp3) is 0.222. The third kappa shape index (κ3) is 3.24. The summed E-state index contributed by atoms with van der Waals surface area (Å²) in [6, 6.07) is 15.9. The number of rotatable bonds is 5. The Kier molecular flexibility index (Phi) is 5.11. The number of alkyl halides is 1. The third-order valence-electron chi connectivity index (χ3n) is 4.37. The summed E-state index contributed by atoms with van der Waals surface area (Å²) in [5.74, 6) is -1.34. The Hall–Kier alpha value is -2.25. The van der Waals surface area contributed by atoms with Crippen molar-refractivity contribution >= 4 is 44.8 Å². The number of nitro groups is 1. The van der Waals surface area contributed by atoms with Crippen molar-refractivity contribution < 1.29 is 9.72 Å². The van der Waals surface area contributed by atoms with Crippen molar-refractivity contribution in [3.63, 3.8) is 0 Å². The molecule has 0 saturated carbocycles. The van der Waals surface area contributed by atoms with Gasteiger partial charge >= 0.3 is 0 Å². The van der Waals surface area contributed by atoms with Crippen LogP contribution >= 0.6 is 27.5 Å². The van der Waals surface area contributed by atoms with Gasteiger partial charge in [0.2, 0.25) is 6.54 Å². The molecule has 134 valence electrons. The zero-order valence-corrected chi connectivity index (χ0v) is 16.1. The molecule has 3 rings (SSSR count). The Morgan fingerprint density at radius 3 is 2.42 bits per heavy atom. The third-order valence-corrected chi connectivity index (χ3v) is 5.59. The highest BCUT2D eigenvalue weighted by atomic mass is 79.9. The van der Waals surface area contributed by atoms with Crippen molar-refractivity contribution in [1.82, 2.24) is 0 Å². The van der Waals surface area contributed by atoms with E-state index in [0.29, 0.717) is 17.0 Å². The minimum absolute atomic E-state index is 0.336. The lowest BCUT2D eigenvalue weighted by molar-refractivity contribution is -0.483. The van der Waals surface area contributed by atoms with Crippen LogP contribution in [0, 0.1) is 10.1 Å². The lowest BCUT2D eigenvalue weighted by atomic mass is 9.82. The van der Waals surface area contributed by atoms with Crippen molar-refractivity contribution in [2.45, 2.75) is 17.7 Å². The number of hydrogen-bond acceptors (Lipinski definition) is 4. The van der Waals surface area contributed by atoms with E-state index in [9.17, 15) is 14.9 Å². The standard InChI is InChI=1S/C18H15BrClN3O3/c1-12-18(20,17(24)23(21-12)15-5-3-2-4-6-15)16(11-22(25)26)13-7-9-14(19)10-8-13/h2-10,16H,11H2,1H3. The van der Waals surface area contributed by atoms with Gasteiger partial charge in [0, 0.05) is 9.40 Å². The fourth-order valence-electron chi connectivity index (χ4n) is 3.03. The summed E-state index contributed by atoms with van der Waals surface area (Å²) in [6.07, 6.45) is 0. The number of carbonyl (C=O) groups is 1. The maximum atomic E-state index is 13.1. The molecule has 1 aliphatic heterocycles. The van der Waals surface area contributed by atoms with Gasteiger partial charge in [0.25, 0.3) is 5.91 Å². The molecule has 0 spiro atoms. The monoisotopic (exact) mass is 435 g/mol. The largest absolute Gasteiger partial charge is 0.275 e. The number of hydrogen-bond donors (Lipinski definition) is 0. The lowest BCUT2D eigenvalue weighted by Gasteiger charge is -2.28. The van der Waals surface area contributed by atoms with Crippen LogP contribution in [0.2, 0.25) is 0 Å². The molecule has 6 nitrogen and oxygen atoms in total. The van der Waals surface area contributed by atoms with Gasteiger partial charge in [0.05, 0.1) is 17.3 Å². The fourth-order valence-corrected chi connectivity index (χ4v) is 3.60. The van der Waals surface area contributed by atoms with Crippen molar-refractivity contribution in [3.8, 4) is 0 Å². The second-order valence-corrected chi connectivity index (χ2v) is 7.48. The van der Waals surface area contributed by atoms with Crippen molar-refractivity contribution in [2.24, 2.45) is 5.10 Å². The summed E-state index contributed by atoms with van der Waals surface area (Å²) >= 11 is 10.1. The predicted octanol–water partition coefficient (Wildman–Crippen LogP) is 4.21. The van der Waals surface area contributed by atoms with E-state index in [1.54, 1.807) is 55.5 Å². The van der Waals surface area contributed by atoms with Gasteiger partial charge < -0.3 is 0 Å². The van der Waals surface area contributed by atoms with E-state index in [4.69, 9.17) is 11.6 Å². The van der Waals surface area contributed by atoms with Crippen LogP contribution in [0.15, 0.2) is 64.2 Å². The van der Waals surface area contributed by atoms with E-state index >= 15 is 0 Å². The summed E-state index contributed by atoms with van der Waals surface area (Å²) in [4.78, 5) is 22.4. The number of nitrogens with zero attached hydrogens (tertiary/aromatic N) is 3. The second kappa shape index (κ2) is 7.17. The molecule has 1 amide bonds. The second-order valence-electron chi connectivity index (χ2n) is 5.97. The Labute approximate surface area is 163 Å². The van der Waals surface area contributed by atoms with Crippen LogP contribution in [-0.2, 0) is 4.79 Å². The predicted molar refractivity (Wildman–Crippen MR) is 104 cm³/mol. The Morgan fingerprint density at radius 2 is 1.85 bits per heavy atom. The van der Waals surface area contributed by atoms with Crippen molar-refractivity contribution in [3.05, 3.63) is 74.7 Å². The lowest BCUT2D eigenvalue weighted by Crippen LogP contribution is -2.48. The van der Waals surface area contributed by atoms with Crippen LogP contribution in [-0.4, -0.2) is 28.0 Å². The maximum Gasteiger partial charge on any atom is 0.275 e. The molecule has 1 aliphatic rings. The van der Waals surface area contributed by atoms with Gasteiger partial charge in [-0.2, -0.15) is 10.1 Å². The molecule has 2 atom stereocenters. The minimum atomic E-state index is -1.61. The summed E-state index contributed by atoms with van der Waals surface area (Å²) in [7, 11) is 0. The van der Waals surface area contributed by atoms with Crippen LogP contribution in [0.25, 0.3) is 0 Å². The number of para-hydroxylation sites is 1. The van der Waals surface area contributed by atoms with Crippen LogP contribution in [0.5, 0.6) is 0 Å². The molecule has 0 radical (unpaired) electrons. The number of halogens is 2. The van der Waals surface area contributed by atoms with E-state index in [-0.39, 0.29) is 0 Å². The smallest absolute Gasteiger partial charge is 0.270 e. The average molecular weight is 437 g/mol. The molecule has 0 aliphatic carbocycles. The normalized spacial score (nSPS) is 20.8. The van der Waals surface area contributed by atoms with Gasteiger partial charge in [0.15, 0.2) is 4.87 Å². The minimum Gasteiger partial charge on any atom is -0.270 e. The summed E-state index contributed by atoms with van der Waals surface area (Å²) < 4.78 is 0.832. The molecular formula is C18H15BrClN3O3. The highest BCUT2D eigenvalue weighted by molar-refractivity contribution is 9.10. The number of hydrazone groups is 1. The van der Waals surface area contributed by atoms with Crippen LogP contribution in [0.1, 0.15) is 18.4 Å². The van der Waals surface area contributed by atoms with Gasteiger partial charge in [-0.1, -0.05) is 46.3 Å². The molecule has 0 fully saturated rings. The molecule has 0 saturated heterocycles. The van der Waals surface area contributed by atoms with Crippen molar-refractivity contribution in [1.29, 1.82) is 0 Å². The molecule has 2 aromatic carbocycles. The first kappa shape index (κ1) is 18.5. The molecule has 1 heterocycles. The highest BCUT2D eigenvalue weighted by Gasteiger charge is 2.56. The van der Waals surface area contributed by atoms with E-state index in [2.05, 4.69) is 21.0 Å². The first-order valence-corrected chi connectivity index (χ1v) is 9.02. The SMILES string of the molecule is CC1=NN(c2ccccc2)C(=O)C1(Cl)C(C[N+](=O)[O-])c1ccc(Br)cc1. The zero-order chi connectivity index (χ0) is 18.9. The zero-order valence-electron chi connectivity index (χ0n) is 13.8. The van der Waals surface area contributed by atoms with Gasteiger partial charge in [-0.15, -0.1) is 11.6 Å². The van der Waals surface area contributed by atoms with E-state index < -0.39 is 28.2 Å². The van der Waals surface area contributed by atoms with Crippen LogP contribution in [0.3, 0.4) is 0 Å². The molecule has 0 bridgehead atoms. The Balaban J connectivity index is 2.05. The molecule has 2 unspecified atom stereocenters. The Morgan fingerprint density at radius 1 is 1.23 bits per heavy atom. The quantitative estimate of drug-likeness (QED) is 0.400. The number of anilines is 1. The average Bonchev–Trinajstić information content (AvgIpc) is 2.86. The Bertz CT molecular complexity index is 873. The van der Waals surface area contributed by atoms with E-state index in [0.717, 1.165) is 4.47 Å². The number of benzene rings is 2. The van der Waals surface area contributed by atoms with Gasteiger partial charge in [-0.05, 0) is 36.8 Å². The van der Waals surface area contributed by atoms with Crippen LogP contribution in [0.4, 0.5) is 5.69 Å². The maximum absolute atomic E-state index is 13.1.